The van der Waals surface area contributed by atoms with Gasteiger partial charge in [-0.05, 0) is 39.8 Å². The summed E-state index contributed by atoms with van der Waals surface area (Å²) in [5, 5.41) is 2.88. The molecule has 0 aliphatic carbocycles. The maximum Gasteiger partial charge on any atom is 0.323 e. The van der Waals surface area contributed by atoms with E-state index in [1.54, 1.807) is 4.90 Å². The number of piperazine rings is 1. The molecule has 0 bridgehead atoms. The van der Waals surface area contributed by atoms with Gasteiger partial charge in [-0.25, -0.2) is 14.8 Å². The third-order valence-corrected chi connectivity index (χ3v) is 6.66. The Morgan fingerprint density at radius 1 is 0.878 bits per heavy atom. The topological polar surface area (TPSA) is 116 Å². The highest BCUT2D eigenvalue weighted by molar-refractivity contribution is 5.91. The third-order valence-electron chi connectivity index (χ3n) is 6.66. The number of amides is 2. The summed E-state index contributed by atoms with van der Waals surface area (Å²) in [7, 11) is 1.51. The lowest BCUT2D eigenvalue weighted by atomic mass is 10.3. The first-order chi connectivity index (χ1) is 19.7. The Labute approximate surface area is 241 Å². The minimum absolute atomic E-state index is 0.262. The molecule has 0 saturated carbocycles. The predicted molar refractivity (Wildman–Crippen MR) is 164 cm³/mol. The summed E-state index contributed by atoms with van der Waals surface area (Å²) < 4.78 is 5.39. The maximum absolute atomic E-state index is 13.2. The molecule has 41 heavy (non-hydrogen) atoms. The van der Waals surface area contributed by atoms with Crippen molar-refractivity contribution in [1.82, 2.24) is 29.8 Å². The van der Waals surface area contributed by atoms with Crippen molar-refractivity contribution in [2.45, 2.75) is 27.7 Å². The van der Waals surface area contributed by atoms with Gasteiger partial charge in [0, 0.05) is 52.4 Å². The number of methoxy groups -OCH3 is 1. The highest BCUT2D eigenvalue weighted by Crippen LogP contribution is 2.25. The molecule has 0 atom stereocenters. The smallest absolute Gasteiger partial charge is 0.323 e. The van der Waals surface area contributed by atoms with Crippen LogP contribution < -0.4 is 24.8 Å². The fraction of sp³-hybridized carbons (Fsp3) is 0.448. The summed E-state index contributed by atoms with van der Waals surface area (Å²) in [5.74, 6) is 2.37. The van der Waals surface area contributed by atoms with Gasteiger partial charge >= 0.3 is 6.03 Å². The molecule has 1 aromatic carbocycles. The fourth-order valence-electron chi connectivity index (χ4n) is 4.56. The molecule has 0 unspecified atom stereocenters. The van der Waals surface area contributed by atoms with E-state index in [1.807, 2.05) is 38.1 Å². The van der Waals surface area contributed by atoms with Crippen molar-refractivity contribution in [2.24, 2.45) is 0 Å². The number of carbonyl (C=O) groups excluding carboxylic acids is 1. The van der Waals surface area contributed by atoms with E-state index in [9.17, 15) is 4.79 Å². The van der Waals surface area contributed by atoms with E-state index >= 15 is 0 Å². The van der Waals surface area contributed by atoms with E-state index in [0.29, 0.717) is 74.0 Å². The van der Waals surface area contributed by atoms with Crippen LogP contribution in [0.3, 0.4) is 0 Å². The largest absolute Gasteiger partial charge is 0.478 e. The van der Waals surface area contributed by atoms with Gasteiger partial charge in [0.2, 0.25) is 17.8 Å². The second kappa shape index (κ2) is 13.2. The van der Waals surface area contributed by atoms with Gasteiger partial charge < -0.3 is 24.3 Å². The quantitative estimate of drug-likeness (QED) is 0.345. The average molecular weight is 561 g/mol. The molecule has 12 heteroatoms. The van der Waals surface area contributed by atoms with Crippen LogP contribution >= 0.6 is 0 Å². The van der Waals surface area contributed by atoms with Gasteiger partial charge in [0.1, 0.15) is 0 Å². The Balaban J connectivity index is 1.52. The van der Waals surface area contributed by atoms with Crippen LogP contribution in [0, 0.1) is 0 Å². The molecular formula is C29H40N10O2. The van der Waals surface area contributed by atoms with E-state index in [4.69, 9.17) is 19.7 Å². The number of rotatable bonds is 11. The van der Waals surface area contributed by atoms with Crippen LogP contribution in [-0.2, 0) is 0 Å². The van der Waals surface area contributed by atoms with E-state index in [1.165, 1.54) is 7.11 Å². The fourth-order valence-corrected chi connectivity index (χ4v) is 4.56. The second-order valence-electron chi connectivity index (χ2n) is 10.2. The van der Waals surface area contributed by atoms with Gasteiger partial charge in [-0.15, -0.1) is 0 Å². The first kappa shape index (κ1) is 29.5. The van der Waals surface area contributed by atoms with Crippen LogP contribution in [-0.4, -0.2) is 95.3 Å². The van der Waals surface area contributed by atoms with Crippen molar-refractivity contribution >= 4 is 40.7 Å². The minimum atomic E-state index is -0.262. The zero-order chi connectivity index (χ0) is 29.5. The SMILES string of the molecule is C=C(C)CN(CC)c1nc(N2CCN(C(=O)Nc3nc4ccccc4nc3OC)CC2)nc(N(CC)CC(=C)C)n1. The highest BCUT2D eigenvalue weighted by atomic mass is 16.5. The first-order valence-corrected chi connectivity index (χ1v) is 13.9. The van der Waals surface area contributed by atoms with E-state index in [0.717, 1.165) is 24.2 Å². The Kier molecular flexibility index (Phi) is 9.53. The third kappa shape index (κ3) is 7.19. The molecule has 1 aliphatic rings. The summed E-state index contributed by atoms with van der Waals surface area (Å²) in [6, 6.07) is 7.20. The Hall–Kier alpha value is -4.48. The number of hydrogen-bond donors (Lipinski definition) is 1. The number of para-hydroxylation sites is 2. The molecular weight excluding hydrogens is 520 g/mol. The number of likely N-dealkylation sites (N-methyl/N-ethyl adjacent to an activating group) is 2. The molecule has 1 fully saturated rings. The number of benzene rings is 1. The Bertz CT molecular complexity index is 1360. The van der Waals surface area contributed by atoms with E-state index < -0.39 is 0 Å². The summed E-state index contributed by atoms with van der Waals surface area (Å²) in [6.45, 7) is 21.1. The number of aromatic nitrogens is 5. The molecule has 2 aromatic heterocycles. The predicted octanol–water partition coefficient (Wildman–Crippen LogP) is 3.98. The van der Waals surface area contributed by atoms with Crippen LogP contribution in [0.15, 0.2) is 48.6 Å². The van der Waals surface area contributed by atoms with Crippen LogP contribution in [0.4, 0.5) is 28.5 Å². The minimum Gasteiger partial charge on any atom is -0.478 e. The first-order valence-electron chi connectivity index (χ1n) is 13.9. The van der Waals surface area contributed by atoms with Crippen molar-refractivity contribution in [3.63, 3.8) is 0 Å². The lowest BCUT2D eigenvalue weighted by Crippen LogP contribution is -2.50. The number of urea groups is 1. The molecule has 0 spiro atoms. The molecule has 4 rings (SSSR count). The standard InChI is InChI=1S/C29H40N10O2/c1-8-36(18-20(3)4)26-33-27(37(9-2)19-21(5)6)35-28(34-26)38-14-16-39(17-15-38)29(40)32-24-25(41-7)31-23-13-11-10-12-22(23)30-24/h10-13H,3,5,8-9,14-19H2,1-2,4,6-7H3,(H,30,32,40). The average Bonchev–Trinajstić information content (AvgIpc) is 2.97. The summed E-state index contributed by atoms with van der Waals surface area (Å²) in [6.07, 6.45) is 0. The molecule has 12 nitrogen and oxygen atoms in total. The zero-order valence-corrected chi connectivity index (χ0v) is 24.7. The molecule has 1 aliphatic heterocycles. The monoisotopic (exact) mass is 560 g/mol. The van der Waals surface area contributed by atoms with Crippen molar-refractivity contribution in [3.05, 3.63) is 48.6 Å². The van der Waals surface area contributed by atoms with Crippen molar-refractivity contribution in [3.8, 4) is 5.88 Å². The summed E-state index contributed by atoms with van der Waals surface area (Å²) in [4.78, 5) is 44.8. The van der Waals surface area contributed by atoms with Crippen LogP contribution in [0.2, 0.25) is 0 Å². The number of fused-ring (bicyclic) bond motifs is 1. The van der Waals surface area contributed by atoms with Crippen molar-refractivity contribution < 1.29 is 9.53 Å². The lowest BCUT2D eigenvalue weighted by molar-refractivity contribution is 0.207. The number of anilines is 4. The van der Waals surface area contributed by atoms with E-state index in [-0.39, 0.29) is 11.9 Å². The molecule has 3 heterocycles. The Morgan fingerprint density at radius 2 is 1.41 bits per heavy atom. The number of nitrogens with one attached hydrogen (secondary N) is 1. The Morgan fingerprint density at radius 3 is 1.90 bits per heavy atom. The maximum atomic E-state index is 13.2. The van der Waals surface area contributed by atoms with Crippen LogP contribution in [0.25, 0.3) is 11.0 Å². The number of nitrogens with zero attached hydrogens (tertiary/aromatic N) is 9. The second-order valence-corrected chi connectivity index (χ2v) is 10.2. The molecule has 2 amide bonds. The summed E-state index contributed by atoms with van der Waals surface area (Å²) >= 11 is 0. The zero-order valence-electron chi connectivity index (χ0n) is 24.7. The van der Waals surface area contributed by atoms with Crippen molar-refractivity contribution in [1.29, 1.82) is 0 Å². The van der Waals surface area contributed by atoms with Gasteiger partial charge in [0.25, 0.3) is 5.88 Å². The molecule has 1 saturated heterocycles. The number of ether oxygens (including phenoxy) is 1. The van der Waals surface area contributed by atoms with E-state index in [2.05, 4.69) is 57.0 Å². The summed E-state index contributed by atoms with van der Waals surface area (Å²) in [5.41, 5.74) is 3.42. The highest BCUT2D eigenvalue weighted by Gasteiger charge is 2.26. The molecule has 3 aromatic rings. The number of carbonyl (C=O) groups is 1. The van der Waals surface area contributed by atoms with Gasteiger partial charge in [-0.3, -0.25) is 5.32 Å². The van der Waals surface area contributed by atoms with Crippen LogP contribution in [0.1, 0.15) is 27.7 Å². The van der Waals surface area contributed by atoms with Crippen molar-refractivity contribution in [2.75, 3.05) is 79.5 Å². The normalized spacial score (nSPS) is 13.2. The lowest BCUT2D eigenvalue weighted by Gasteiger charge is -2.35. The van der Waals surface area contributed by atoms with Crippen LogP contribution in [0.5, 0.6) is 5.88 Å². The van der Waals surface area contributed by atoms with Gasteiger partial charge in [-0.1, -0.05) is 36.4 Å². The van der Waals surface area contributed by atoms with Gasteiger partial charge in [-0.2, -0.15) is 15.0 Å². The number of hydrogen-bond acceptors (Lipinski definition) is 10. The van der Waals surface area contributed by atoms with Gasteiger partial charge in [0.05, 0.1) is 18.1 Å². The molecule has 0 radical (unpaired) electrons. The van der Waals surface area contributed by atoms with Gasteiger partial charge in [0.15, 0.2) is 5.82 Å². The molecule has 218 valence electrons. The molecule has 1 N–H and O–H groups in total.